The minimum Gasteiger partial charge on any atom is -0.457 e. The Morgan fingerprint density at radius 3 is 2.12 bits per heavy atom. The Balaban J connectivity index is 1.57. The zero-order valence-electron chi connectivity index (χ0n) is 16.9. The molecule has 0 radical (unpaired) electrons. The fourth-order valence-corrected chi connectivity index (χ4v) is 3.89. The molecule has 1 N–H and O–H groups in total. The van der Waals surface area contributed by atoms with Gasteiger partial charge in [0.15, 0.2) is 0 Å². The number of fused-ring (bicyclic) bond motifs is 1. The number of nitrogens with zero attached hydrogens (tertiary/aromatic N) is 4. The fourth-order valence-electron chi connectivity index (χ4n) is 3.18. The summed E-state index contributed by atoms with van der Waals surface area (Å²) in [7, 11) is -4.37. The monoisotopic (exact) mass is 454 g/mol. The van der Waals surface area contributed by atoms with Crippen LogP contribution in [0.15, 0.2) is 94.0 Å². The van der Waals surface area contributed by atoms with Gasteiger partial charge in [0.1, 0.15) is 28.5 Å². The molecule has 0 saturated carbocycles. The Bertz CT molecular complexity index is 1580. The second kappa shape index (κ2) is 8.89. The summed E-state index contributed by atoms with van der Waals surface area (Å²) in [6, 6.07) is 24.7. The minimum absolute atomic E-state index is 0.194. The summed E-state index contributed by atoms with van der Waals surface area (Å²) in [5, 5.41) is 27.4. The summed E-state index contributed by atoms with van der Waals surface area (Å²) in [6.45, 7) is 0. The maximum atomic E-state index is 11.6. The summed E-state index contributed by atoms with van der Waals surface area (Å²) >= 11 is 0. The van der Waals surface area contributed by atoms with Gasteiger partial charge >= 0.3 is 0 Å². The predicted octanol–water partition coefficient (Wildman–Crippen LogP) is 6.04. The van der Waals surface area contributed by atoms with Crippen LogP contribution in [-0.4, -0.2) is 13.0 Å². The highest BCUT2D eigenvalue weighted by molar-refractivity contribution is 7.86. The molecule has 0 unspecified atom stereocenters. The van der Waals surface area contributed by atoms with Crippen LogP contribution in [-0.2, 0) is 10.1 Å². The molecule has 0 heterocycles. The number of nitriles is 2. The van der Waals surface area contributed by atoms with Gasteiger partial charge in [-0.25, -0.2) is 0 Å². The predicted molar refractivity (Wildman–Crippen MR) is 120 cm³/mol. The number of hydrogen-bond donors (Lipinski definition) is 1. The molecule has 0 fully saturated rings. The second-order valence-electron chi connectivity index (χ2n) is 6.83. The molecule has 0 bridgehead atoms. The van der Waals surface area contributed by atoms with Crippen LogP contribution in [0.1, 0.15) is 11.1 Å². The van der Waals surface area contributed by atoms with Gasteiger partial charge in [-0.05, 0) is 54.6 Å². The van der Waals surface area contributed by atoms with Crippen LogP contribution >= 0.6 is 0 Å². The van der Waals surface area contributed by atoms with E-state index in [-0.39, 0.29) is 16.0 Å². The molecule has 0 aromatic heterocycles. The quantitative estimate of drug-likeness (QED) is 0.288. The van der Waals surface area contributed by atoms with E-state index in [9.17, 15) is 13.0 Å². The number of benzene rings is 4. The van der Waals surface area contributed by atoms with E-state index in [2.05, 4.69) is 10.2 Å². The van der Waals surface area contributed by atoms with E-state index in [1.807, 2.05) is 12.1 Å². The van der Waals surface area contributed by atoms with Crippen molar-refractivity contribution in [3.05, 3.63) is 90.0 Å². The Morgan fingerprint density at radius 1 is 0.758 bits per heavy atom. The molecule has 160 valence electrons. The SMILES string of the molecule is N#Cc1ccc(Oc2ccc(N=Nc3cccc4c(S(=O)(=O)O)cccc34)cc2)cc1C#N. The van der Waals surface area contributed by atoms with Crippen molar-refractivity contribution in [2.75, 3.05) is 0 Å². The van der Waals surface area contributed by atoms with E-state index in [4.69, 9.17) is 15.3 Å². The third kappa shape index (κ3) is 4.70. The van der Waals surface area contributed by atoms with Crippen LogP contribution in [0.4, 0.5) is 11.4 Å². The maximum Gasteiger partial charge on any atom is 0.295 e. The first-order chi connectivity index (χ1) is 15.9. The highest BCUT2D eigenvalue weighted by atomic mass is 32.2. The normalized spacial score (nSPS) is 11.2. The zero-order valence-corrected chi connectivity index (χ0v) is 17.7. The van der Waals surface area contributed by atoms with Crippen molar-refractivity contribution in [3.8, 4) is 23.6 Å². The first-order valence-electron chi connectivity index (χ1n) is 9.52. The van der Waals surface area contributed by atoms with Gasteiger partial charge in [0.2, 0.25) is 0 Å². The minimum atomic E-state index is -4.37. The van der Waals surface area contributed by atoms with E-state index in [0.717, 1.165) is 0 Å². The van der Waals surface area contributed by atoms with Crippen molar-refractivity contribution in [1.29, 1.82) is 10.5 Å². The average molecular weight is 454 g/mol. The molecule has 0 aliphatic rings. The smallest absolute Gasteiger partial charge is 0.295 e. The lowest BCUT2D eigenvalue weighted by molar-refractivity contribution is 0.482. The van der Waals surface area contributed by atoms with E-state index in [1.54, 1.807) is 54.6 Å². The lowest BCUT2D eigenvalue weighted by atomic mass is 10.1. The standard InChI is InChI=1S/C24H14N4O4S/c25-14-16-7-10-20(13-17(16)15-26)32-19-11-8-18(9-12-19)27-28-23-5-1-4-22-21(23)3-2-6-24(22)33(29,30)31/h1-13H,(H,29,30,31). The van der Waals surface area contributed by atoms with E-state index in [1.165, 1.54) is 24.3 Å². The molecular weight excluding hydrogens is 440 g/mol. The van der Waals surface area contributed by atoms with Gasteiger partial charge < -0.3 is 4.74 Å². The van der Waals surface area contributed by atoms with Crippen molar-refractivity contribution < 1.29 is 17.7 Å². The van der Waals surface area contributed by atoms with E-state index in [0.29, 0.717) is 33.6 Å². The van der Waals surface area contributed by atoms with E-state index >= 15 is 0 Å². The lowest BCUT2D eigenvalue weighted by Gasteiger charge is -2.07. The molecule has 9 heteroatoms. The van der Waals surface area contributed by atoms with Crippen molar-refractivity contribution in [1.82, 2.24) is 0 Å². The summed E-state index contributed by atoms with van der Waals surface area (Å²) in [5.74, 6) is 0.927. The summed E-state index contributed by atoms with van der Waals surface area (Å²) < 4.78 is 38.4. The van der Waals surface area contributed by atoms with Crippen molar-refractivity contribution in [2.24, 2.45) is 10.2 Å². The van der Waals surface area contributed by atoms with Crippen LogP contribution in [0.5, 0.6) is 11.5 Å². The molecule has 0 amide bonds. The number of hydrogen-bond acceptors (Lipinski definition) is 7. The van der Waals surface area contributed by atoms with Crippen LogP contribution in [0.25, 0.3) is 10.8 Å². The number of rotatable bonds is 5. The van der Waals surface area contributed by atoms with Gasteiger partial charge in [0.25, 0.3) is 10.1 Å². The summed E-state index contributed by atoms with van der Waals surface area (Å²) in [5.41, 5.74) is 1.48. The number of ether oxygens (including phenoxy) is 1. The van der Waals surface area contributed by atoms with Gasteiger partial charge in [-0.15, -0.1) is 5.11 Å². The molecule has 4 rings (SSSR count). The molecule has 4 aromatic carbocycles. The van der Waals surface area contributed by atoms with Crippen molar-refractivity contribution in [3.63, 3.8) is 0 Å². The van der Waals surface area contributed by atoms with Crippen LogP contribution in [0.3, 0.4) is 0 Å². The Kier molecular flexibility index (Phi) is 5.83. The second-order valence-corrected chi connectivity index (χ2v) is 8.22. The Labute approximate surface area is 189 Å². The molecule has 33 heavy (non-hydrogen) atoms. The molecular formula is C24H14N4O4S. The number of azo groups is 1. The maximum absolute atomic E-state index is 11.6. The van der Waals surface area contributed by atoms with Crippen molar-refractivity contribution in [2.45, 2.75) is 4.90 Å². The summed E-state index contributed by atoms with van der Waals surface area (Å²) in [6.07, 6.45) is 0. The Hall–Kier alpha value is -4.57. The van der Waals surface area contributed by atoms with E-state index < -0.39 is 10.1 Å². The Morgan fingerprint density at radius 2 is 1.42 bits per heavy atom. The molecule has 8 nitrogen and oxygen atoms in total. The molecule has 0 aliphatic carbocycles. The first kappa shape index (κ1) is 21.7. The molecule has 0 spiro atoms. The fraction of sp³-hybridized carbons (Fsp3) is 0. The van der Waals surface area contributed by atoms with Gasteiger partial charge in [-0.3, -0.25) is 4.55 Å². The van der Waals surface area contributed by atoms with Gasteiger partial charge in [-0.1, -0.05) is 24.3 Å². The first-order valence-corrected chi connectivity index (χ1v) is 11.0. The largest absolute Gasteiger partial charge is 0.457 e. The highest BCUT2D eigenvalue weighted by Gasteiger charge is 2.14. The third-order valence-corrected chi connectivity index (χ3v) is 5.63. The van der Waals surface area contributed by atoms with Gasteiger partial charge in [-0.2, -0.15) is 24.1 Å². The van der Waals surface area contributed by atoms with Gasteiger partial charge in [0, 0.05) is 10.8 Å². The zero-order chi connectivity index (χ0) is 23.4. The van der Waals surface area contributed by atoms with Crippen LogP contribution < -0.4 is 4.74 Å². The molecule has 0 atom stereocenters. The average Bonchev–Trinajstić information content (AvgIpc) is 2.82. The highest BCUT2D eigenvalue weighted by Crippen LogP contribution is 2.32. The summed E-state index contributed by atoms with van der Waals surface area (Å²) in [4.78, 5) is -0.194. The topological polar surface area (TPSA) is 136 Å². The van der Waals surface area contributed by atoms with Crippen LogP contribution in [0.2, 0.25) is 0 Å². The molecule has 0 aliphatic heterocycles. The van der Waals surface area contributed by atoms with Crippen molar-refractivity contribution >= 4 is 32.3 Å². The van der Waals surface area contributed by atoms with Crippen LogP contribution in [0, 0.1) is 22.7 Å². The lowest BCUT2D eigenvalue weighted by Crippen LogP contribution is -1.98. The molecule has 4 aromatic rings. The van der Waals surface area contributed by atoms with Gasteiger partial charge in [0.05, 0.1) is 22.5 Å². The third-order valence-electron chi connectivity index (χ3n) is 4.71. The molecule has 0 saturated heterocycles.